The zero-order valence-corrected chi connectivity index (χ0v) is 17.5. The van der Waals surface area contributed by atoms with E-state index in [4.69, 9.17) is 4.74 Å². The van der Waals surface area contributed by atoms with Crippen molar-refractivity contribution < 1.29 is 14.3 Å². The number of amides is 2. The Morgan fingerprint density at radius 3 is 2.19 bits per heavy atom. The Morgan fingerprint density at radius 2 is 1.59 bits per heavy atom. The topological polar surface area (TPSA) is 61.9 Å². The lowest BCUT2D eigenvalue weighted by Crippen LogP contribution is -2.59. The predicted octanol–water partition coefficient (Wildman–Crippen LogP) is 2.21. The fourth-order valence-corrected chi connectivity index (χ4v) is 4.74. The van der Waals surface area contributed by atoms with Crippen molar-refractivity contribution in [2.75, 3.05) is 46.4 Å². The summed E-state index contributed by atoms with van der Waals surface area (Å²) in [7, 11) is 1.65. The minimum atomic E-state index is -0.668. The maximum atomic E-state index is 13.0. The number of nitrogens with zero attached hydrogens (tertiary/aromatic N) is 2. The van der Waals surface area contributed by atoms with E-state index in [-0.39, 0.29) is 24.2 Å². The van der Waals surface area contributed by atoms with Crippen LogP contribution in [0.2, 0.25) is 0 Å². The van der Waals surface area contributed by atoms with E-state index in [1.165, 1.54) is 32.1 Å². The molecule has 0 atom stereocenters. The van der Waals surface area contributed by atoms with Crippen LogP contribution >= 0.6 is 12.4 Å². The summed E-state index contributed by atoms with van der Waals surface area (Å²) >= 11 is 0. The van der Waals surface area contributed by atoms with Gasteiger partial charge in [-0.05, 0) is 38.3 Å². The maximum Gasteiger partial charge on any atom is 0.255 e. The van der Waals surface area contributed by atoms with Crippen molar-refractivity contribution in [3.05, 3.63) is 0 Å². The van der Waals surface area contributed by atoms with Gasteiger partial charge in [0.1, 0.15) is 5.60 Å². The van der Waals surface area contributed by atoms with Gasteiger partial charge in [-0.15, -0.1) is 12.4 Å². The molecule has 0 radical (unpaired) electrons. The third-order valence-electron chi connectivity index (χ3n) is 6.60. The van der Waals surface area contributed by atoms with Gasteiger partial charge >= 0.3 is 0 Å². The van der Waals surface area contributed by atoms with Gasteiger partial charge in [0.25, 0.3) is 5.91 Å². The standard InChI is InChI=1S/C20H35N3O3.ClH/c1-26-20(9-11-21-12-10-20)19(25)23-15-13-22(14-16-23)18(24)8-7-17-5-3-2-4-6-17;/h17,21H,2-16H2,1H3;1H. The zero-order chi connectivity index (χ0) is 18.4. The summed E-state index contributed by atoms with van der Waals surface area (Å²) in [6.07, 6.45) is 9.77. The summed E-state index contributed by atoms with van der Waals surface area (Å²) < 4.78 is 5.66. The van der Waals surface area contributed by atoms with Gasteiger partial charge in [-0.2, -0.15) is 0 Å². The smallest absolute Gasteiger partial charge is 0.255 e. The van der Waals surface area contributed by atoms with Crippen LogP contribution in [0.25, 0.3) is 0 Å². The van der Waals surface area contributed by atoms with Crippen LogP contribution in [-0.2, 0) is 14.3 Å². The van der Waals surface area contributed by atoms with Crippen LogP contribution in [0, 0.1) is 5.92 Å². The molecule has 2 aliphatic heterocycles. The van der Waals surface area contributed by atoms with Crippen LogP contribution < -0.4 is 5.32 Å². The Morgan fingerprint density at radius 1 is 1.00 bits per heavy atom. The molecule has 0 spiro atoms. The summed E-state index contributed by atoms with van der Waals surface area (Å²) in [4.78, 5) is 29.4. The average molecular weight is 402 g/mol. The number of nitrogens with one attached hydrogen (secondary N) is 1. The SMILES string of the molecule is COC1(C(=O)N2CCN(C(=O)CCC3CCCCC3)CC2)CCNCC1.Cl. The zero-order valence-electron chi connectivity index (χ0n) is 16.7. The molecule has 3 rings (SSSR count). The number of piperidine rings is 1. The largest absolute Gasteiger partial charge is 0.368 e. The van der Waals surface area contributed by atoms with Gasteiger partial charge in [-0.25, -0.2) is 0 Å². The highest BCUT2D eigenvalue weighted by atomic mass is 35.5. The van der Waals surface area contributed by atoms with Crippen molar-refractivity contribution >= 4 is 24.2 Å². The van der Waals surface area contributed by atoms with E-state index < -0.39 is 5.60 Å². The summed E-state index contributed by atoms with van der Waals surface area (Å²) in [5.41, 5.74) is -0.668. The number of piperazine rings is 1. The Bertz CT molecular complexity index is 483. The molecule has 0 aromatic carbocycles. The number of hydrogen-bond donors (Lipinski definition) is 1. The molecule has 7 heteroatoms. The van der Waals surface area contributed by atoms with Gasteiger partial charge in [0, 0.05) is 39.7 Å². The predicted molar refractivity (Wildman–Crippen MR) is 108 cm³/mol. The second-order valence-electron chi connectivity index (χ2n) is 8.16. The molecule has 156 valence electrons. The number of methoxy groups -OCH3 is 1. The van der Waals surface area contributed by atoms with Gasteiger partial charge in [-0.1, -0.05) is 32.1 Å². The number of rotatable bonds is 5. The second kappa shape index (κ2) is 10.6. The molecule has 27 heavy (non-hydrogen) atoms. The van der Waals surface area contributed by atoms with Crippen molar-refractivity contribution in [2.45, 2.75) is 63.4 Å². The fourth-order valence-electron chi connectivity index (χ4n) is 4.74. The average Bonchev–Trinajstić information content (AvgIpc) is 2.73. The van der Waals surface area contributed by atoms with Crippen LogP contribution in [0.3, 0.4) is 0 Å². The molecule has 0 aromatic heterocycles. The third-order valence-corrected chi connectivity index (χ3v) is 6.60. The number of carbonyl (C=O) groups excluding carboxylic acids is 2. The van der Waals surface area contributed by atoms with Crippen LogP contribution in [0.5, 0.6) is 0 Å². The lowest BCUT2D eigenvalue weighted by molar-refractivity contribution is -0.161. The molecule has 1 N–H and O–H groups in total. The van der Waals surface area contributed by atoms with E-state index in [1.807, 2.05) is 9.80 Å². The van der Waals surface area contributed by atoms with Gasteiger partial charge in [0.2, 0.25) is 5.91 Å². The molecule has 3 aliphatic rings. The third kappa shape index (κ3) is 5.58. The molecule has 6 nitrogen and oxygen atoms in total. The highest BCUT2D eigenvalue weighted by Gasteiger charge is 2.43. The highest BCUT2D eigenvalue weighted by molar-refractivity contribution is 5.86. The molecule has 2 amide bonds. The van der Waals surface area contributed by atoms with Gasteiger partial charge in [-0.3, -0.25) is 9.59 Å². The van der Waals surface area contributed by atoms with E-state index in [0.29, 0.717) is 32.6 Å². The fraction of sp³-hybridized carbons (Fsp3) is 0.900. The minimum absolute atomic E-state index is 0. The molecule has 1 aliphatic carbocycles. The Labute approximate surface area is 169 Å². The number of ether oxygens (including phenoxy) is 1. The number of carbonyl (C=O) groups is 2. The number of halogens is 1. The minimum Gasteiger partial charge on any atom is -0.368 e. The van der Waals surface area contributed by atoms with E-state index in [1.54, 1.807) is 7.11 Å². The Hall–Kier alpha value is -0.850. The first-order valence-corrected chi connectivity index (χ1v) is 10.5. The van der Waals surface area contributed by atoms with Crippen molar-refractivity contribution in [3.63, 3.8) is 0 Å². The monoisotopic (exact) mass is 401 g/mol. The summed E-state index contributed by atoms with van der Waals surface area (Å²) in [5, 5.41) is 3.29. The van der Waals surface area contributed by atoms with Crippen molar-refractivity contribution in [3.8, 4) is 0 Å². The summed E-state index contributed by atoms with van der Waals surface area (Å²) in [6.45, 7) is 4.22. The second-order valence-corrected chi connectivity index (χ2v) is 8.16. The van der Waals surface area contributed by atoms with E-state index >= 15 is 0 Å². The maximum absolute atomic E-state index is 13.0. The van der Waals surface area contributed by atoms with Crippen LogP contribution in [0.4, 0.5) is 0 Å². The molecule has 2 saturated heterocycles. The first-order valence-electron chi connectivity index (χ1n) is 10.5. The highest BCUT2D eigenvalue weighted by Crippen LogP contribution is 2.28. The number of hydrogen-bond acceptors (Lipinski definition) is 4. The molecule has 0 unspecified atom stereocenters. The molecule has 0 aromatic rings. The van der Waals surface area contributed by atoms with Crippen molar-refractivity contribution in [1.82, 2.24) is 15.1 Å². The normalized spacial score (nSPS) is 23.6. The molecule has 0 bridgehead atoms. The van der Waals surface area contributed by atoms with Crippen LogP contribution in [-0.4, -0.2) is 73.6 Å². The van der Waals surface area contributed by atoms with Crippen LogP contribution in [0.1, 0.15) is 57.8 Å². The first-order chi connectivity index (χ1) is 12.6. The van der Waals surface area contributed by atoms with Gasteiger partial charge < -0.3 is 19.9 Å². The first kappa shape index (κ1) is 22.4. The van der Waals surface area contributed by atoms with Crippen molar-refractivity contribution in [2.24, 2.45) is 5.92 Å². The van der Waals surface area contributed by atoms with Gasteiger partial charge in [0.15, 0.2) is 0 Å². The van der Waals surface area contributed by atoms with Gasteiger partial charge in [0.05, 0.1) is 0 Å². The van der Waals surface area contributed by atoms with E-state index in [2.05, 4.69) is 5.32 Å². The lowest BCUT2D eigenvalue weighted by atomic mass is 9.86. The van der Waals surface area contributed by atoms with Crippen molar-refractivity contribution in [1.29, 1.82) is 0 Å². The molecular formula is C20H36ClN3O3. The van der Waals surface area contributed by atoms with E-state index in [9.17, 15) is 9.59 Å². The Kier molecular flexibility index (Phi) is 8.83. The molecule has 2 heterocycles. The molecule has 3 fully saturated rings. The van der Waals surface area contributed by atoms with E-state index in [0.717, 1.165) is 38.3 Å². The molecule has 1 saturated carbocycles. The lowest BCUT2D eigenvalue weighted by Gasteiger charge is -2.42. The summed E-state index contributed by atoms with van der Waals surface area (Å²) in [6, 6.07) is 0. The Balaban J connectivity index is 0.00000261. The summed E-state index contributed by atoms with van der Waals surface area (Å²) in [5.74, 6) is 1.12. The molecular weight excluding hydrogens is 366 g/mol. The van der Waals surface area contributed by atoms with Crippen LogP contribution in [0.15, 0.2) is 0 Å². The quantitative estimate of drug-likeness (QED) is 0.767.